The van der Waals surface area contributed by atoms with E-state index in [0.29, 0.717) is 0 Å². The molecule has 146 valence electrons. The lowest BCUT2D eigenvalue weighted by Gasteiger charge is -2.14. The van der Waals surface area contributed by atoms with Crippen LogP contribution < -0.4 is 4.18 Å². The van der Waals surface area contributed by atoms with Crippen molar-refractivity contribution >= 4 is 15.8 Å². The molecule has 2 rings (SSSR count). The molecule has 0 spiro atoms. The first-order valence-corrected chi connectivity index (χ1v) is 8.10. The molecule has 0 saturated heterocycles. The number of halogens is 6. The monoisotopic (exact) mass is 415 g/mol. The summed E-state index contributed by atoms with van der Waals surface area (Å²) in [6.45, 7) is 0. The van der Waals surface area contributed by atoms with Crippen molar-refractivity contribution in [1.82, 2.24) is 0 Å². The summed E-state index contributed by atoms with van der Waals surface area (Å²) in [5.41, 5.74) is -4.56. The molecule has 0 atom stereocenters. The number of nitro groups is 1. The fourth-order valence-corrected chi connectivity index (χ4v) is 3.05. The minimum Gasteiger partial charge on any atom is -0.379 e. The highest BCUT2D eigenvalue weighted by Gasteiger charge is 2.38. The summed E-state index contributed by atoms with van der Waals surface area (Å²) in [5.74, 6) is -1.30. The fraction of sp³-hybridized carbons (Fsp3) is 0.143. The zero-order valence-electron chi connectivity index (χ0n) is 12.7. The Labute approximate surface area is 147 Å². The van der Waals surface area contributed by atoms with E-state index in [1.165, 1.54) is 0 Å². The molecule has 0 heterocycles. The van der Waals surface area contributed by atoms with Gasteiger partial charge in [0.2, 0.25) is 0 Å². The van der Waals surface area contributed by atoms with E-state index in [4.69, 9.17) is 0 Å². The normalized spacial score (nSPS) is 12.7. The molecule has 13 heteroatoms. The number of hydrogen-bond donors (Lipinski definition) is 0. The second-order valence-corrected chi connectivity index (χ2v) is 6.52. The maximum absolute atomic E-state index is 12.8. The number of para-hydroxylation sites is 1. The van der Waals surface area contributed by atoms with Crippen LogP contribution in [0.3, 0.4) is 0 Å². The lowest BCUT2D eigenvalue weighted by atomic mass is 10.1. The standard InChI is InChI=1S/C14H7F6NO5S/c15-13(16,17)8-5-9(14(18,19)20)7-10(6-8)26-27(24,25)12-4-2-1-3-11(12)21(22)23/h1-7H. The number of nitrogens with zero attached hydrogens (tertiary/aromatic N) is 1. The average Bonchev–Trinajstić information content (AvgIpc) is 2.52. The Bertz CT molecular complexity index is 952. The molecule has 0 saturated carbocycles. The Morgan fingerprint density at radius 1 is 0.889 bits per heavy atom. The summed E-state index contributed by atoms with van der Waals surface area (Å²) in [6, 6.07) is 3.56. The van der Waals surface area contributed by atoms with Crippen LogP contribution in [0.1, 0.15) is 11.1 Å². The van der Waals surface area contributed by atoms with Crippen molar-refractivity contribution in [2.45, 2.75) is 17.2 Å². The number of rotatable bonds is 4. The van der Waals surface area contributed by atoms with Gasteiger partial charge in [-0.1, -0.05) is 12.1 Å². The number of nitro benzene ring substituents is 1. The van der Waals surface area contributed by atoms with Gasteiger partial charge in [0.1, 0.15) is 5.75 Å². The third kappa shape index (κ3) is 4.67. The highest BCUT2D eigenvalue weighted by Crippen LogP contribution is 2.39. The highest BCUT2D eigenvalue weighted by molar-refractivity contribution is 7.87. The minimum atomic E-state index is -5.22. The van der Waals surface area contributed by atoms with Gasteiger partial charge in [0.15, 0.2) is 4.90 Å². The molecule has 0 aliphatic rings. The molecule has 2 aromatic carbocycles. The van der Waals surface area contributed by atoms with Gasteiger partial charge in [-0.2, -0.15) is 34.8 Å². The number of hydrogen-bond acceptors (Lipinski definition) is 5. The van der Waals surface area contributed by atoms with Gasteiger partial charge in [0, 0.05) is 6.07 Å². The molecule has 0 aliphatic carbocycles. The molecule has 27 heavy (non-hydrogen) atoms. The summed E-state index contributed by atoms with van der Waals surface area (Å²) in [4.78, 5) is 8.76. The SMILES string of the molecule is O=[N+]([O-])c1ccccc1S(=O)(=O)Oc1cc(C(F)(F)F)cc(C(F)(F)F)c1. The first-order chi connectivity index (χ1) is 12.2. The van der Waals surface area contributed by atoms with E-state index in [2.05, 4.69) is 4.18 Å². The van der Waals surface area contributed by atoms with Gasteiger partial charge in [0.25, 0.3) is 5.69 Å². The molecule has 0 aromatic heterocycles. The van der Waals surface area contributed by atoms with E-state index in [9.17, 15) is 44.9 Å². The summed E-state index contributed by atoms with van der Waals surface area (Å²) in [7, 11) is -5.09. The van der Waals surface area contributed by atoms with Crippen molar-refractivity contribution in [3.05, 3.63) is 63.7 Å². The first kappa shape index (κ1) is 20.5. The quantitative estimate of drug-likeness (QED) is 0.320. The Balaban J connectivity index is 2.58. The number of alkyl halides is 6. The van der Waals surface area contributed by atoms with Gasteiger partial charge in [-0.15, -0.1) is 0 Å². The molecule has 0 amide bonds. The van der Waals surface area contributed by atoms with Crippen LogP contribution in [0.4, 0.5) is 32.0 Å². The van der Waals surface area contributed by atoms with Gasteiger partial charge in [-0.05, 0) is 24.3 Å². The lowest BCUT2D eigenvalue weighted by molar-refractivity contribution is -0.387. The largest absolute Gasteiger partial charge is 0.416 e. The third-order valence-corrected chi connectivity index (χ3v) is 4.39. The van der Waals surface area contributed by atoms with E-state index >= 15 is 0 Å². The molecular weight excluding hydrogens is 408 g/mol. The second kappa shape index (κ2) is 6.72. The first-order valence-electron chi connectivity index (χ1n) is 6.69. The van der Waals surface area contributed by atoms with Gasteiger partial charge < -0.3 is 4.18 Å². The molecule has 0 bridgehead atoms. The summed E-state index contributed by atoms with van der Waals surface area (Å²) in [6.07, 6.45) is -10.4. The Morgan fingerprint density at radius 3 is 1.81 bits per heavy atom. The molecule has 6 nitrogen and oxygen atoms in total. The fourth-order valence-electron chi connectivity index (χ4n) is 1.97. The second-order valence-electron chi connectivity index (χ2n) is 5.00. The Hall–Kier alpha value is -2.83. The molecule has 0 N–H and O–H groups in total. The molecule has 0 fully saturated rings. The van der Waals surface area contributed by atoms with E-state index in [1.54, 1.807) is 0 Å². The van der Waals surface area contributed by atoms with Crippen LogP contribution in [0.25, 0.3) is 0 Å². The zero-order valence-corrected chi connectivity index (χ0v) is 13.5. The van der Waals surface area contributed by atoms with Crippen molar-refractivity contribution in [3.8, 4) is 5.75 Å². The van der Waals surface area contributed by atoms with Gasteiger partial charge in [0.05, 0.1) is 16.1 Å². The van der Waals surface area contributed by atoms with Crippen LogP contribution >= 0.6 is 0 Å². The predicted molar refractivity (Wildman–Crippen MR) is 77.4 cm³/mol. The summed E-state index contributed by atoms with van der Waals surface area (Å²) >= 11 is 0. The van der Waals surface area contributed by atoms with Crippen LogP contribution in [0.15, 0.2) is 47.4 Å². The van der Waals surface area contributed by atoms with Crippen molar-refractivity contribution in [2.75, 3.05) is 0 Å². The van der Waals surface area contributed by atoms with Crippen LogP contribution in [-0.4, -0.2) is 13.3 Å². The summed E-state index contributed by atoms with van der Waals surface area (Å²) < 4.78 is 105. The maximum Gasteiger partial charge on any atom is 0.416 e. The minimum absolute atomic E-state index is 0.0432. The molecular formula is C14H7F6NO5S. The van der Waals surface area contributed by atoms with E-state index in [1.807, 2.05) is 0 Å². The molecule has 2 aromatic rings. The van der Waals surface area contributed by atoms with E-state index in [-0.39, 0.29) is 18.2 Å². The van der Waals surface area contributed by atoms with Crippen molar-refractivity contribution in [3.63, 3.8) is 0 Å². The molecule has 0 unspecified atom stereocenters. The Morgan fingerprint density at radius 2 is 1.37 bits per heavy atom. The average molecular weight is 415 g/mol. The van der Waals surface area contributed by atoms with Crippen LogP contribution in [-0.2, 0) is 22.5 Å². The smallest absolute Gasteiger partial charge is 0.379 e. The summed E-state index contributed by atoms with van der Waals surface area (Å²) in [5, 5.41) is 10.9. The Kier molecular flexibility index (Phi) is 5.10. The molecule has 0 aliphatic heterocycles. The highest BCUT2D eigenvalue weighted by atomic mass is 32.2. The van der Waals surface area contributed by atoms with Crippen LogP contribution in [0.5, 0.6) is 5.75 Å². The van der Waals surface area contributed by atoms with Gasteiger partial charge in [-0.25, -0.2) is 0 Å². The van der Waals surface area contributed by atoms with E-state index in [0.717, 1.165) is 24.3 Å². The maximum atomic E-state index is 12.8. The van der Waals surface area contributed by atoms with Gasteiger partial charge >= 0.3 is 22.5 Å². The lowest BCUT2D eigenvalue weighted by Crippen LogP contribution is -2.15. The van der Waals surface area contributed by atoms with Crippen LogP contribution in [0, 0.1) is 10.1 Å². The third-order valence-electron chi connectivity index (χ3n) is 3.10. The van der Waals surface area contributed by atoms with Gasteiger partial charge in [-0.3, -0.25) is 10.1 Å². The predicted octanol–water partition coefficient (Wildman–Crippen LogP) is 4.40. The van der Waals surface area contributed by atoms with Crippen molar-refractivity contribution in [1.29, 1.82) is 0 Å². The topological polar surface area (TPSA) is 86.5 Å². The zero-order chi connectivity index (χ0) is 20.6. The van der Waals surface area contributed by atoms with Crippen LogP contribution in [0.2, 0.25) is 0 Å². The molecule has 0 radical (unpaired) electrons. The van der Waals surface area contributed by atoms with E-state index < -0.39 is 54.9 Å². The van der Waals surface area contributed by atoms with Crippen molar-refractivity contribution < 1.29 is 43.9 Å². The van der Waals surface area contributed by atoms with Crippen molar-refractivity contribution in [2.24, 2.45) is 0 Å². The number of benzene rings is 2.